The van der Waals surface area contributed by atoms with Gasteiger partial charge in [-0.3, -0.25) is 19.4 Å². The summed E-state index contributed by atoms with van der Waals surface area (Å²) in [6.45, 7) is 1.86. The number of nitrogens with two attached hydrogens (primary N) is 1. The maximum Gasteiger partial charge on any atom is 0.314 e. The van der Waals surface area contributed by atoms with Crippen LogP contribution in [-0.4, -0.2) is 46.5 Å². The standard InChI is InChI=1S/C21H23N7O5S/c1-12-11-17(28(27-12)21-24-16-4-2-3-15(16)18(29)26-21)25-20(31)19(30)23-10-9-13-5-7-14(8-6-13)34(22,32)33/h5-8,11H,2-4,9-10H2,1H3,(H,23,30)(H,25,31)(H2,22,32,33)(H,24,26,29). The monoisotopic (exact) mass is 485 g/mol. The smallest absolute Gasteiger partial charge is 0.314 e. The van der Waals surface area contributed by atoms with Gasteiger partial charge in [-0.1, -0.05) is 12.1 Å². The van der Waals surface area contributed by atoms with Gasteiger partial charge in [0.05, 0.1) is 16.3 Å². The number of hydrogen-bond donors (Lipinski definition) is 4. The highest BCUT2D eigenvalue weighted by molar-refractivity contribution is 7.89. The average molecular weight is 486 g/mol. The number of carbonyl (C=O) groups is 2. The number of nitrogens with one attached hydrogen (secondary N) is 3. The zero-order chi connectivity index (χ0) is 24.5. The van der Waals surface area contributed by atoms with Crippen LogP contribution in [0.2, 0.25) is 0 Å². The lowest BCUT2D eigenvalue weighted by molar-refractivity contribution is -0.136. The number of aryl methyl sites for hydroxylation is 2. The summed E-state index contributed by atoms with van der Waals surface area (Å²) in [6.07, 6.45) is 2.60. The maximum absolute atomic E-state index is 12.4. The SMILES string of the molecule is Cc1cc(NC(=O)C(=O)NCCc2ccc(S(N)(=O)=O)cc2)n(-c2nc3c(c(=O)[nH]2)CCC3)n1. The molecule has 0 saturated heterocycles. The van der Waals surface area contributed by atoms with E-state index >= 15 is 0 Å². The summed E-state index contributed by atoms with van der Waals surface area (Å²) in [5, 5.41) is 14.3. The Morgan fingerprint density at radius 1 is 1.18 bits per heavy atom. The number of rotatable bonds is 6. The normalized spacial score (nSPS) is 12.9. The number of aromatic nitrogens is 4. The predicted octanol–water partition coefficient (Wildman–Crippen LogP) is -0.302. The third-order valence-electron chi connectivity index (χ3n) is 5.36. The predicted molar refractivity (Wildman–Crippen MR) is 122 cm³/mol. The van der Waals surface area contributed by atoms with E-state index in [0.29, 0.717) is 36.2 Å². The fraction of sp³-hybridized carbons (Fsp3) is 0.286. The van der Waals surface area contributed by atoms with Gasteiger partial charge in [-0.25, -0.2) is 18.5 Å². The molecule has 0 unspecified atom stereocenters. The molecule has 3 aromatic rings. The van der Waals surface area contributed by atoms with Crippen molar-refractivity contribution in [3.63, 3.8) is 0 Å². The maximum atomic E-state index is 12.4. The molecule has 4 rings (SSSR count). The van der Waals surface area contributed by atoms with Gasteiger partial charge in [-0.2, -0.15) is 9.78 Å². The van der Waals surface area contributed by atoms with Gasteiger partial charge in [0.1, 0.15) is 5.82 Å². The Kier molecular flexibility index (Phi) is 6.30. The summed E-state index contributed by atoms with van der Waals surface area (Å²) < 4.78 is 23.9. The van der Waals surface area contributed by atoms with Crippen molar-refractivity contribution < 1.29 is 18.0 Å². The van der Waals surface area contributed by atoms with E-state index in [1.165, 1.54) is 16.8 Å². The summed E-state index contributed by atoms with van der Waals surface area (Å²) in [7, 11) is -3.78. The van der Waals surface area contributed by atoms with E-state index in [4.69, 9.17) is 5.14 Å². The van der Waals surface area contributed by atoms with Crippen molar-refractivity contribution in [2.24, 2.45) is 5.14 Å². The van der Waals surface area contributed by atoms with Gasteiger partial charge in [-0.05, 0) is 50.3 Å². The average Bonchev–Trinajstić information content (AvgIpc) is 3.40. The molecular weight excluding hydrogens is 462 g/mol. The second kappa shape index (κ2) is 9.19. The molecule has 12 nitrogen and oxygen atoms in total. The molecule has 5 N–H and O–H groups in total. The van der Waals surface area contributed by atoms with E-state index in [2.05, 4.69) is 25.7 Å². The Morgan fingerprint density at radius 2 is 1.91 bits per heavy atom. The number of benzene rings is 1. The molecule has 0 atom stereocenters. The van der Waals surface area contributed by atoms with Gasteiger partial charge in [0.15, 0.2) is 0 Å². The lowest BCUT2D eigenvalue weighted by Gasteiger charge is -2.09. The second-order valence-corrected chi connectivity index (χ2v) is 9.46. The van der Waals surface area contributed by atoms with Gasteiger partial charge >= 0.3 is 11.8 Å². The number of amides is 2. The van der Waals surface area contributed by atoms with Gasteiger partial charge in [0, 0.05) is 18.2 Å². The minimum Gasteiger partial charge on any atom is -0.347 e. The summed E-state index contributed by atoms with van der Waals surface area (Å²) in [5.41, 5.74) is 2.45. The fourth-order valence-electron chi connectivity index (χ4n) is 3.70. The highest BCUT2D eigenvalue weighted by atomic mass is 32.2. The summed E-state index contributed by atoms with van der Waals surface area (Å²) >= 11 is 0. The molecule has 0 aliphatic heterocycles. The number of fused-ring (bicyclic) bond motifs is 1. The molecule has 1 aromatic carbocycles. The molecule has 13 heteroatoms. The van der Waals surface area contributed by atoms with E-state index in [-0.39, 0.29) is 28.8 Å². The zero-order valence-electron chi connectivity index (χ0n) is 18.3. The Hall–Kier alpha value is -3.84. The summed E-state index contributed by atoms with van der Waals surface area (Å²) in [5.74, 6) is -1.41. The molecule has 0 bridgehead atoms. The van der Waals surface area contributed by atoms with Crippen molar-refractivity contribution in [2.75, 3.05) is 11.9 Å². The van der Waals surface area contributed by atoms with Crippen LogP contribution in [0.5, 0.6) is 0 Å². The number of sulfonamides is 1. The van der Waals surface area contributed by atoms with E-state index in [1.54, 1.807) is 25.1 Å². The molecule has 2 amide bonds. The van der Waals surface area contributed by atoms with E-state index in [9.17, 15) is 22.8 Å². The van der Waals surface area contributed by atoms with Crippen molar-refractivity contribution in [3.05, 3.63) is 63.2 Å². The summed E-state index contributed by atoms with van der Waals surface area (Å²) in [6, 6.07) is 7.47. The van der Waals surface area contributed by atoms with Crippen LogP contribution in [0.3, 0.4) is 0 Å². The van der Waals surface area contributed by atoms with Crippen LogP contribution in [0.4, 0.5) is 5.82 Å². The zero-order valence-corrected chi connectivity index (χ0v) is 19.1. The quantitative estimate of drug-likeness (QED) is 0.346. The Labute approximate surface area is 194 Å². The number of anilines is 1. The van der Waals surface area contributed by atoms with Crippen LogP contribution in [0.15, 0.2) is 40.0 Å². The number of aromatic amines is 1. The van der Waals surface area contributed by atoms with Crippen LogP contribution < -0.4 is 21.3 Å². The van der Waals surface area contributed by atoms with Crippen LogP contribution >= 0.6 is 0 Å². The second-order valence-electron chi connectivity index (χ2n) is 7.90. The molecule has 0 spiro atoms. The third-order valence-corrected chi connectivity index (χ3v) is 6.29. The Bertz CT molecular complexity index is 1420. The van der Waals surface area contributed by atoms with Crippen LogP contribution in [0.25, 0.3) is 5.95 Å². The largest absolute Gasteiger partial charge is 0.347 e. The molecule has 178 valence electrons. The Balaban J connectivity index is 1.39. The molecule has 0 fully saturated rings. The third kappa shape index (κ3) is 5.05. The number of H-pyrrole nitrogens is 1. The van der Waals surface area contributed by atoms with Crippen molar-refractivity contribution >= 4 is 27.7 Å². The molecule has 2 aromatic heterocycles. The first-order chi connectivity index (χ1) is 16.1. The molecule has 2 heterocycles. The van der Waals surface area contributed by atoms with Gasteiger partial charge < -0.3 is 10.6 Å². The molecular formula is C21H23N7O5S. The highest BCUT2D eigenvalue weighted by Crippen LogP contribution is 2.19. The van der Waals surface area contributed by atoms with E-state index in [0.717, 1.165) is 12.0 Å². The molecule has 1 aliphatic rings. The number of carbonyl (C=O) groups excluding carboxylic acids is 2. The number of hydrogen-bond acceptors (Lipinski definition) is 7. The van der Waals surface area contributed by atoms with E-state index in [1.807, 2.05) is 0 Å². The van der Waals surface area contributed by atoms with Crippen LogP contribution in [0.1, 0.15) is 28.9 Å². The first-order valence-electron chi connectivity index (χ1n) is 10.5. The minimum atomic E-state index is -3.78. The fourth-order valence-corrected chi connectivity index (χ4v) is 4.21. The molecule has 0 saturated carbocycles. The molecule has 34 heavy (non-hydrogen) atoms. The van der Waals surface area contributed by atoms with Crippen molar-refractivity contribution in [1.82, 2.24) is 25.1 Å². The first kappa shape index (κ1) is 23.3. The molecule has 0 radical (unpaired) electrons. The van der Waals surface area contributed by atoms with Crippen LogP contribution in [0, 0.1) is 6.92 Å². The van der Waals surface area contributed by atoms with Crippen LogP contribution in [-0.2, 0) is 38.9 Å². The number of primary sulfonamides is 1. The van der Waals surface area contributed by atoms with Gasteiger partial charge in [0.2, 0.25) is 16.0 Å². The lowest BCUT2D eigenvalue weighted by atomic mass is 10.1. The van der Waals surface area contributed by atoms with Gasteiger partial charge in [-0.15, -0.1) is 0 Å². The van der Waals surface area contributed by atoms with Crippen molar-refractivity contribution in [1.29, 1.82) is 0 Å². The summed E-state index contributed by atoms with van der Waals surface area (Å²) in [4.78, 5) is 44.2. The number of nitrogens with zero attached hydrogens (tertiary/aromatic N) is 3. The topological polar surface area (TPSA) is 182 Å². The van der Waals surface area contributed by atoms with Gasteiger partial charge in [0.25, 0.3) is 5.56 Å². The Morgan fingerprint density at radius 3 is 2.62 bits per heavy atom. The van der Waals surface area contributed by atoms with Crippen molar-refractivity contribution in [3.8, 4) is 5.95 Å². The first-order valence-corrected chi connectivity index (χ1v) is 12.1. The lowest BCUT2D eigenvalue weighted by Crippen LogP contribution is -2.37. The van der Waals surface area contributed by atoms with Crippen molar-refractivity contribution in [2.45, 2.75) is 37.5 Å². The minimum absolute atomic E-state index is 0.00854. The highest BCUT2D eigenvalue weighted by Gasteiger charge is 2.21. The van der Waals surface area contributed by atoms with E-state index < -0.39 is 21.8 Å². The molecule has 1 aliphatic carbocycles.